The van der Waals surface area contributed by atoms with E-state index in [0.29, 0.717) is 5.96 Å². The molecule has 5 heteroatoms. The number of para-hydroxylation sites is 1. The first-order chi connectivity index (χ1) is 13.2. The summed E-state index contributed by atoms with van der Waals surface area (Å²) in [6.07, 6.45) is 2.08. The lowest BCUT2D eigenvalue weighted by Crippen LogP contribution is -2.46. The number of aliphatic imine (C=N–C) groups is 1. The highest BCUT2D eigenvalue weighted by molar-refractivity contribution is 5.92. The monoisotopic (exact) mass is 365 g/mol. The summed E-state index contributed by atoms with van der Waals surface area (Å²) in [5.74, 6) is 0.494. The van der Waals surface area contributed by atoms with Crippen molar-refractivity contribution >= 4 is 17.3 Å². The van der Waals surface area contributed by atoms with Crippen molar-refractivity contribution in [1.29, 1.82) is 0 Å². The third-order valence-electron chi connectivity index (χ3n) is 5.04. The molecule has 3 rings (SSSR count). The van der Waals surface area contributed by atoms with E-state index in [0.717, 1.165) is 57.8 Å². The molecule has 3 N–H and O–H groups in total. The van der Waals surface area contributed by atoms with Crippen LogP contribution < -0.4 is 16.0 Å². The molecule has 1 aliphatic rings. The second-order valence-electron chi connectivity index (χ2n) is 6.96. The topological polar surface area (TPSA) is 56.9 Å². The van der Waals surface area contributed by atoms with Crippen molar-refractivity contribution in [3.05, 3.63) is 60.2 Å². The summed E-state index contributed by atoms with van der Waals surface area (Å²) < 4.78 is 0. The van der Waals surface area contributed by atoms with E-state index in [1.807, 2.05) is 12.1 Å². The van der Waals surface area contributed by atoms with E-state index in [4.69, 9.17) is 5.73 Å². The van der Waals surface area contributed by atoms with Crippen molar-refractivity contribution in [2.24, 2.45) is 10.7 Å². The normalized spacial score (nSPS) is 15.7. The molecule has 2 aromatic rings. The molecular weight excluding hydrogens is 334 g/mol. The first-order valence-electron chi connectivity index (χ1n) is 9.93. The van der Waals surface area contributed by atoms with E-state index in [2.05, 4.69) is 69.5 Å². The summed E-state index contributed by atoms with van der Waals surface area (Å²) in [5, 5.41) is 3.16. The number of nitrogens with zero attached hydrogens (tertiary/aromatic N) is 3. The van der Waals surface area contributed by atoms with Crippen LogP contribution in [0.4, 0.5) is 11.4 Å². The molecule has 144 valence electrons. The van der Waals surface area contributed by atoms with Crippen molar-refractivity contribution in [3.8, 4) is 0 Å². The molecule has 0 unspecified atom stereocenters. The minimum Gasteiger partial charge on any atom is -0.370 e. The fraction of sp³-hybridized carbons (Fsp3) is 0.409. The van der Waals surface area contributed by atoms with E-state index in [9.17, 15) is 0 Å². The molecule has 1 heterocycles. The molecule has 0 aromatic heterocycles. The van der Waals surface area contributed by atoms with Crippen molar-refractivity contribution in [2.75, 3.05) is 49.5 Å². The summed E-state index contributed by atoms with van der Waals surface area (Å²) in [6, 6.07) is 19.0. The van der Waals surface area contributed by atoms with Crippen LogP contribution in [0.15, 0.2) is 59.6 Å². The van der Waals surface area contributed by atoms with Crippen LogP contribution >= 0.6 is 0 Å². The van der Waals surface area contributed by atoms with Crippen LogP contribution in [0, 0.1) is 0 Å². The van der Waals surface area contributed by atoms with Crippen LogP contribution in [0.25, 0.3) is 0 Å². The van der Waals surface area contributed by atoms with Crippen molar-refractivity contribution in [2.45, 2.75) is 19.8 Å². The third-order valence-corrected chi connectivity index (χ3v) is 5.04. The van der Waals surface area contributed by atoms with Crippen LogP contribution in [0.3, 0.4) is 0 Å². The Morgan fingerprint density at radius 1 is 1.00 bits per heavy atom. The quantitative estimate of drug-likeness (QED) is 0.449. The molecule has 1 saturated heterocycles. The molecule has 27 heavy (non-hydrogen) atoms. The number of benzene rings is 2. The van der Waals surface area contributed by atoms with Gasteiger partial charge in [-0.2, -0.15) is 0 Å². The van der Waals surface area contributed by atoms with Crippen LogP contribution in [0.5, 0.6) is 0 Å². The Bertz CT molecular complexity index is 703. The minimum absolute atomic E-state index is 0.494. The smallest absolute Gasteiger partial charge is 0.193 e. The first-order valence-corrected chi connectivity index (χ1v) is 9.93. The van der Waals surface area contributed by atoms with E-state index in [1.54, 1.807) is 0 Å². The number of guanidine groups is 1. The van der Waals surface area contributed by atoms with Gasteiger partial charge in [0.1, 0.15) is 0 Å². The Kier molecular flexibility index (Phi) is 7.11. The van der Waals surface area contributed by atoms with Gasteiger partial charge < -0.3 is 16.0 Å². The van der Waals surface area contributed by atoms with E-state index in [1.165, 1.54) is 11.3 Å². The first kappa shape index (κ1) is 19.2. The third kappa shape index (κ3) is 6.00. The van der Waals surface area contributed by atoms with E-state index >= 15 is 0 Å². The summed E-state index contributed by atoms with van der Waals surface area (Å²) in [7, 11) is 0. The van der Waals surface area contributed by atoms with Gasteiger partial charge >= 0.3 is 0 Å². The fourth-order valence-electron chi connectivity index (χ4n) is 3.37. The Balaban J connectivity index is 1.34. The number of hydrogen-bond acceptors (Lipinski definition) is 3. The minimum atomic E-state index is 0.494. The summed E-state index contributed by atoms with van der Waals surface area (Å²) in [4.78, 5) is 9.43. The molecule has 5 nitrogen and oxygen atoms in total. The van der Waals surface area contributed by atoms with Crippen LogP contribution in [-0.4, -0.2) is 50.1 Å². The van der Waals surface area contributed by atoms with Crippen molar-refractivity contribution in [1.82, 2.24) is 4.90 Å². The van der Waals surface area contributed by atoms with Crippen LogP contribution in [0.1, 0.15) is 18.9 Å². The highest BCUT2D eigenvalue weighted by Crippen LogP contribution is 2.15. The molecule has 0 bridgehead atoms. The van der Waals surface area contributed by atoms with Crippen molar-refractivity contribution in [3.63, 3.8) is 0 Å². The second kappa shape index (κ2) is 9.97. The lowest BCUT2D eigenvalue weighted by Gasteiger charge is -2.36. The zero-order valence-electron chi connectivity index (χ0n) is 16.3. The van der Waals surface area contributed by atoms with Gasteiger partial charge in [0.2, 0.25) is 0 Å². The lowest BCUT2D eigenvalue weighted by atomic mass is 10.1. The van der Waals surface area contributed by atoms with Gasteiger partial charge in [-0.1, -0.05) is 37.3 Å². The zero-order chi connectivity index (χ0) is 18.9. The maximum atomic E-state index is 6.00. The standard InChI is InChI=1S/C22H31N5/c1-2-19-9-11-20(12-10-19)25-22(23)24-13-6-14-26-15-17-27(18-16-26)21-7-4-3-5-8-21/h3-5,7-12H,2,6,13-18H2,1H3,(H3,23,24,25). The molecule has 0 amide bonds. The van der Waals surface area contributed by atoms with E-state index in [-0.39, 0.29) is 0 Å². The number of nitrogens with two attached hydrogens (primary N) is 1. The highest BCUT2D eigenvalue weighted by Gasteiger charge is 2.16. The largest absolute Gasteiger partial charge is 0.370 e. The van der Waals surface area contributed by atoms with Gasteiger partial charge in [0.15, 0.2) is 5.96 Å². The van der Waals surface area contributed by atoms with Gasteiger partial charge in [-0.05, 0) is 42.7 Å². The predicted octanol–water partition coefficient (Wildman–Crippen LogP) is 3.19. The zero-order valence-corrected chi connectivity index (χ0v) is 16.3. The molecule has 0 saturated carbocycles. The second-order valence-corrected chi connectivity index (χ2v) is 6.96. The molecular formula is C22H31N5. The number of aryl methyl sites for hydroxylation is 1. The number of piperazine rings is 1. The molecule has 0 atom stereocenters. The van der Waals surface area contributed by atoms with Gasteiger partial charge in [0.05, 0.1) is 0 Å². The molecule has 0 spiro atoms. The van der Waals surface area contributed by atoms with Crippen LogP contribution in [0.2, 0.25) is 0 Å². The Morgan fingerprint density at radius 3 is 2.37 bits per heavy atom. The van der Waals surface area contributed by atoms with Gasteiger partial charge in [-0.3, -0.25) is 9.89 Å². The SMILES string of the molecule is CCc1ccc(NC(N)=NCCCN2CCN(c3ccccc3)CC2)cc1. The Hall–Kier alpha value is -2.53. The summed E-state index contributed by atoms with van der Waals surface area (Å²) in [5.41, 5.74) is 9.64. The highest BCUT2D eigenvalue weighted by atomic mass is 15.3. The van der Waals surface area contributed by atoms with Gasteiger partial charge in [0.25, 0.3) is 0 Å². The molecule has 0 aliphatic carbocycles. The molecule has 2 aromatic carbocycles. The van der Waals surface area contributed by atoms with Gasteiger partial charge in [-0.25, -0.2) is 0 Å². The van der Waals surface area contributed by atoms with Gasteiger partial charge in [0, 0.05) is 50.6 Å². The van der Waals surface area contributed by atoms with E-state index < -0.39 is 0 Å². The predicted molar refractivity (Wildman–Crippen MR) is 116 cm³/mol. The summed E-state index contributed by atoms with van der Waals surface area (Å²) in [6.45, 7) is 8.37. The van der Waals surface area contributed by atoms with Crippen LogP contribution in [-0.2, 0) is 6.42 Å². The number of hydrogen-bond donors (Lipinski definition) is 2. The van der Waals surface area contributed by atoms with Crippen molar-refractivity contribution < 1.29 is 0 Å². The molecule has 0 radical (unpaired) electrons. The molecule has 1 fully saturated rings. The Labute approximate surface area is 162 Å². The number of rotatable bonds is 7. The number of nitrogens with one attached hydrogen (secondary N) is 1. The fourth-order valence-corrected chi connectivity index (χ4v) is 3.37. The molecule has 1 aliphatic heterocycles. The maximum Gasteiger partial charge on any atom is 0.193 e. The average molecular weight is 366 g/mol. The lowest BCUT2D eigenvalue weighted by molar-refractivity contribution is 0.256. The van der Waals surface area contributed by atoms with Gasteiger partial charge in [-0.15, -0.1) is 0 Å². The maximum absolute atomic E-state index is 6.00. The summed E-state index contributed by atoms with van der Waals surface area (Å²) >= 11 is 0. The average Bonchev–Trinajstić information content (AvgIpc) is 2.73. The Morgan fingerprint density at radius 2 is 1.70 bits per heavy atom. The number of anilines is 2.